The van der Waals surface area contributed by atoms with Gasteiger partial charge >= 0.3 is 0 Å². The Hall–Kier alpha value is -4.00. The van der Waals surface area contributed by atoms with Gasteiger partial charge in [-0.25, -0.2) is 4.68 Å². The number of hydrogen-bond donors (Lipinski definition) is 1. The molecule has 2 aliphatic rings. The summed E-state index contributed by atoms with van der Waals surface area (Å²) in [4.78, 5) is 39.8. The Balaban J connectivity index is 1.34. The monoisotopic (exact) mass is 489 g/mol. The Morgan fingerprint density at radius 2 is 1.97 bits per heavy atom. The van der Waals surface area contributed by atoms with E-state index in [0.29, 0.717) is 35.1 Å². The highest BCUT2D eigenvalue weighted by Crippen LogP contribution is 2.30. The number of fused-ring (bicyclic) bond motifs is 2. The number of hydrogen-bond acceptors (Lipinski definition) is 6. The molecule has 176 valence electrons. The molecule has 2 atom stereocenters. The van der Waals surface area contributed by atoms with E-state index in [2.05, 4.69) is 10.4 Å². The first kappa shape index (κ1) is 22.8. The van der Waals surface area contributed by atoms with Crippen LogP contribution in [0, 0.1) is 11.3 Å². The number of carbonyl (C=O) groups excluding carboxylic acids is 2. The van der Waals surface area contributed by atoms with Crippen molar-refractivity contribution in [3.05, 3.63) is 81.1 Å². The van der Waals surface area contributed by atoms with Crippen LogP contribution >= 0.6 is 11.6 Å². The number of nitrogens with zero attached hydrogens (tertiary/aromatic N) is 4. The number of nitriles is 1. The summed E-state index contributed by atoms with van der Waals surface area (Å²) in [6.45, 7) is 0.683. The second-order valence-electron chi connectivity index (χ2n) is 8.48. The van der Waals surface area contributed by atoms with Crippen molar-refractivity contribution in [2.75, 3.05) is 18.5 Å². The lowest BCUT2D eigenvalue weighted by Crippen LogP contribution is -2.41. The highest BCUT2D eigenvalue weighted by molar-refractivity contribution is 6.30. The van der Waals surface area contributed by atoms with E-state index in [0.717, 1.165) is 16.7 Å². The number of morpholine rings is 1. The number of benzene rings is 2. The summed E-state index contributed by atoms with van der Waals surface area (Å²) >= 11 is 5.93. The Bertz CT molecular complexity index is 1410. The van der Waals surface area contributed by atoms with Gasteiger partial charge in [-0.1, -0.05) is 23.7 Å². The third-order valence-electron chi connectivity index (χ3n) is 6.05. The van der Waals surface area contributed by atoms with Gasteiger partial charge in [-0.2, -0.15) is 10.4 Å². The molecule has 0 saturated carbocycles. The number of likely N-dealkylation sites (tertiary alicyclic amines) is 1. The third kappa shape index (κ3) is 4.80. The zero-order valence-corrected chi connectivity index (χ0v) is 19.2. The molecule has 10 heteroatoms. The summed E-state index contributed by atoms with van der Waals surface area (Å²) < 4.78 is 6.61. The number of rotatable bonds is 5. The van der Waals surface area contributed by atoms with Gasteiger partial charge in [-0.05, 0) is 42.8 Å². The van der Waals surface area contributed by atoms with Crippen molar-refractivity contribution in [1.29, 1.82) is 5.26 Å². The largest absolute Gasteiger partial charge is 0.374 e. The second kappa shape index (κ2) is 9.33. The van der Waals surface area contributed by atoms with E-state index in [9.17, 15) is 19.6 Å². The predicted molar refractivity (Wildman–Crippen MR) is 128 cm³/mol. The minimum Gasteiger partial charge on any atom is -0.374 e. The second-order valence-corrected chi connectivity index (χ2v) is 8.92. The first-order valence-electron chi connectivity index (χ1n) is 11.0. The molecule has 2 aromatic carbocycles. The maximum Gasteiger partial charge on any atom is 0.267 e. The van der Waals surface area contributed by atoms with Crippen LogP contribution in [0.3, 0.4) is 0 Å². The van der Waals surface area contributed by atoms with E-state index in [1.165, 1.54) is 24.3 Å². The van der Waals surface area contributed by atoms with Crippen LogP contribution in [-0.4, -0.2) is 51.8 Å². The number of ether oxygens (including phenoxy) is 1. The average molecular weight is 490 g/mol. The van der Waals surface area contributed by atoms with E-state index < -0.39 is 11.5 Å². The Kier molecular flexibility index (Phi) is 6.07. The summed E-state index contributed by atoms with van der Waals surface area (Å²) in [7, 11) is 0. The van der Waals surface area contributed by atoms with Crippen molar-refractivity contribution < 1.29 is 14.3 Å². The minimum absolute atomic E-state index is 0.0298. The van der Waals surface area contributed by atoms with Crippen LogP contribution in [0.15, 0.2) is 59.4 Å². The normalized spacial score (nSPS) is 18.3. The maximum absolute atomic E-state index is 13.1. The minimum atomic E-state index is -0.519. The number of halogens is 1. The molecule has 0 aliphatic carbocycles. The molecule has 2 aliphatic heterocycles. The summed E-state index contributed by atoms with van der Waals surface area (Å²) in [5, 5.41) is 17.0. The zero-order valence-electron chi connectivity index (χ0n) is 18.5. The summed E-state index contributed by atoms with van der Waals surface area (Å²) in [6.07, 6.45) is 0.862. The number of amides is 2. The van der Waals surface area contributed by atoms with Gasteiger partial charge in [0.15, 0.2) is 0 Å². The van der Waals surface area contributed by atoms with Crippen LogP contribution in [0.2, 0.25) is 5.02 Å². The summed E-state index contributed by atoms with van der Waals surface area (Å²) in [5.74, 6) is -0.725. The van der Waals surface area contributed by atoms with Crippen molar-refractivity contribution in [3.63, 3.8) is 0 Å². The molecule has 1 aromatic heterocycles. The fourth-order valence-corrected chi connectivity index (χ4v) is 4.50. The van der Waals surface area contributed by atoms with E-state index in [1.807, 2.05) is 6.07 Å². The van der Waals surface area contributed by atoms with Gasteiger partial charge in [-0.15, -0.1) is 0 Å². The lowest BCUT2D eigenvalue weighted by atomic mass is 10.1. The number of anilines is 1. The van der Waals surface area contributed by atoms with Gasteiger partial charge in [-0.3, -0.25) is 14.4 Å². The molecule has 2 saturated heterocycles. The molecule has 35 heavy (non-hydrogen) atoms. The average Bonchev–Trinajstić information content (AvgIpc) is 3.49. The standard InChI is InChI=1S/C25H20ClN5O4/c26-18-3-1-16(2-4-18)22-5-6-24(33)31(29-22)13-23(32)28-19-8-15(11-27)7-17(9-19)25(34)30-12-21-10-20(30)14-35-21/h1-9,20-21H,10,12-14H2,(H,28,32)/t20-,21-/m0/s1. The van der Waals surface area contributed by atoms with Crippen molar-refractivity contribution in [2.45, 2.75) is 25.1 Å². The SMILES string of the molecule is N#Cc1cc(NC(=O)Cn2nc(-c3ccc(Cl)cc3)ccc2=O)cc(C(=O)N2C[C@@H]3C[C@H]2CO3)c1. The molecule has 2 amide bonds. The van der Waals surface area contributed by atoms with Gasteiger partial charge in [0, 0.05) is 34.4 Å². The molecular weight excluding hydrogens is 470 g/mol. The van der Waals surface area contributed by atoms with E-state index in [4.69, 9.17) is 16.3 Å². The molecule has 2 bridgehead atoms. The van der Waals surface area contributed by atoms with Crippen molar-refractivity contribution in [3.8, 4) is 17.3 Å². The van der Waals surface area contributed by atoms with E-state index in [-0.39, 0.29) is 30.2 Å². The van der Waals surface area contributed by atoms with Crippen LogP contribution in [0.5, 0.6) is 0 Å². The zero-order chi connectivity index (χ0) is 24.5. The molecular formula is C25H20ClN5O4. The van der Waals surface area contributed by atoms with Crippen molar-refractivity contribution in [2.24, 2.45) is 0 Å². The van der Waals surface area contributed by atoms with E-state index >= 15 is 0 Å². The molecule has 0 spiro atoms. The van der Waals surface area contributed by atoms with Gasteiger partial charge < -0.3 is 15.0 Å². The summed E-state index contributed by atoms with van der Waals surface area (Å²) in [5.41, 5.74) is 1.66. The molecule has 0 unspecified atom stereocenters. The number of carbonyl (C=O) groups is 2. The van der Waals surface area contributed by atoms with Gasteiger partial charge in [0.1, 0.15) is 6.54 Å². The molecule has 0 radical (unpaired) electrons. The van der Waals surface area contributed by atoms with Gasteiger partial charge in [0.25, 0.3) is 11.5 Å². The first-order valence-corrected chi connectivity index (χ1v) is 11.4. The first-order chi connectivity index (χ1) is 16.9. The third-order valence-corrected chi connectivity index (χ3v) is 6.31. The molecule has 3 heterocycles. The molecule has 3 aromatic rings. The topological polar surface area (TPSA) is 117 Å². The maximum atomic E-state index is 13.1. The van der Waals surface area contributed by atoms with E-state index in [1.54, 1.807) is 35.2 Å². The number of aromatic nitrogens is 2. The molecule has 5 rings (SSSR count). The van der Waals surface area contributed by atoms with Gasteiger partial charge in [0.05, 0.1) is 36.1 Å². The highest BCUT2D eigenvalue weighted by Gasteiger charge is 2.41. The molecule has 1 N–H and O–H groups in total. The Morgan fingerprint density at radius 1 is 1.17 bits per heavy atom. The van der Waals surface area contributed by atoms with Crippen LogP contribution in [0.25, 0.3) is 11.3 Å². The highest BCUT2D eigenvalue weighted by atomic mass is 35.5. The van der Waals surface area contributed by atoms with Crippen LogP contribution < -0.4 is 10.9 Å². The predicted octanol–water partition coefficient (Wildman–Crippen LogP) is 2.69. The van der Waals surface area contributed by atoms with Crippen molar-refractivity contribution >= 4 is 29.1 Å². The lowest BCUT2D eigenvalue weighted by Gasteiger charge is -2.27. The Labute approximate surface area is 205 Å². The number of nitrogens with one attached hydrogen (secondary N) is 1. The van der Waals surface area contributed by atoms with Crippen molar-refractivity contribution in [1.82, 2.24) is 14.7 Å². The van der Waals surface area contributed by atoms with Crippen LogP contribution in [0.1, 0.15) is 22.3 Å². The quantitative estimate of drug-likeness (QED) is 0.588. The smallest absolute Gasteiger partial charge is 0.267 e. The molecule has 9 nitrogen and oxygen atoms in total. The summed E-state index contributed by atoms with van der Waals surface area (Å²) in [6, 6.07) is 16.4. The fraction of sp³-hybridized carbons (Fsp3) is 0.240. The Morgan fingerprint density at radius 3 is 2.66 bits per heavy atom. The fourth-order valence-electron chi connectivity index (χ4n) is 4.38. The van der Waals surface area contributed by atoms with Crippen LogP contribution in [-0.2, 0) is 16.1 Å². The lowest BCUT2D eigenvalue weighted by molar-refractivity contribution is -0.117. The van der Waals surface area contributed by atoms with Gasteiger partial charge in [0.2, 0.25) is 5.91 Å². The molecule has 2 fully saturated rings. The van der Waals surface area contributed by atoms with Crippen LogP contribution in [0.4, 0.5) is 5.69 Å².